The third-order valence-electron chi connectivity index (χ3n) is 5.89. The third kappa shape index (κ3) is 3.36. The van der Waals surface area contributed by atoms with Crippen LogP contribution in [0, 0.1) is 20.8 Å². The largest absolute Gasteiger partial charge is 0.364 e. The maximum absolute atomic E-state index is 13.6. The Hall–Kier alpha value is -2.92. The average Bonchev–Trinajstić information content (AvgIpc) is 2.94. The minimum atomic E-state index is -0.231. The Morgan fingerprint density at radius 2 is 1.48 bits per heavy atom. The van der Waals surface area contributed by atoms with Gasteiger partial charge in [0.2, 0.25) is 0 Å². The lowest BCUT2D eigenvalue weighted by atomic mass is 9.97. The molecule has 29 heavy (non-hydrogen) atoms. The molecule has 0 aromatic heterocycles. The molecule has 0 aliphatic carbocycles. The first kappa shape index (κ1) is 19.4. The molecular formula is C24H27N3O2. The van der Waals surface area contributed by atoms with Crippen LogP contribution < -0.4 is 4.90 Å². The summed E-state index contributed by atoms with van der Waals surface area (Å²) in [4.78, 5) is 32.9. The number of hydrogen-bond acceptors (Lipinski definition) is 4. The van der Waals surface area contributed by atoms with E-state index in [9.17, 15) is 9.59 Å². The molecule has 2 aliphatic rings. The van der Waals surface area contributed by atoms with Crippen molar-refractivity contribution < 1.29 is 9.59 Å². The van der Waals surface area contributed by atoms with Crippen molar-refractivity contribution in [3.05, 3.63) is 70.4 Å². The van der Waals surface area contributed by atoms with Crippen molar-refractivity contribution in [2.24, 2.45) is 0 Å². The lowest BCUT2D eigenvalue weighted by Gasteiger charge is -2.34. The Morgan fingerprint density at radius 1 is 0.793 bits per heavy atom. The predicted octanol–water partition coefficient (Wildman–Crippen LogP) is 3.14. The van der Waals surface area contributed by atoms with E-state index in [-0.39, 0.29) is 11.8 Å². The number of carbonyl (C=O) groups excluding carboxylic acids is 2. The first-order valence-corrected chi connectivity index (χ1v) is 10.1. The van der Waals surface area contributed by atoms with E-state index in [0.29, 0.717) is 17.0 Å². The Labute approximate surface area is 172 Å². The second-order valence-electron chi connectivity index (χ2n) is 8.06. The summed E-state index contributed by atoms with van der Waals surface area (Å²) in [7, 11) is 2.08. The summed E-state index contributed by atoms with van der Waals surface area (Å²) in [6.45, 7) is 9.19. The molecule has 2 amide bonds. The maximum Gasteiger partial charge on any atom is 0.282 e. The van der Waals surface area contributed by atoms with Gasteiger partial charge in [-0.2, -0.15) is 0 Å². The molecule has 0 atom stereocenters. The summed E-state index contributed by atoms with van der Waals surface area (Å²) in [5.74, 6) is -0.450. The normalized spacial score (nSPS) is 18.2. The first-order chi connectivity index (χ1) is 13.9. The molecule has 1 fully saturated rings. The number of anilines is 1. The molecule has 0 radical (unpaired) electrons. The number of rotatable bonds is 3. The van der Waals surface area contributed by atoms with Crippen molar-refractivity contribution in [1.82, 2.24) is 9.80 Å². The van der Waals surface area contributed by atoms with Crippen LogP contribution in [0.3, 0.4) is 0 Å². The molecule has 0 N–H and O–H groups in total. The smallest absolute Gasteiger partial charge is 0.282 e. The van der Waals surface area contributed by atoms with E-state index in [1.54, 1.807) is 0 Å². The van der Waals surface area contributed by atoms with Gasteiger partial charge in [0.15, 0.2) is 0 Å². The van der Waals surface area contributed by atoms with Crippen LogP contribution >= 0.6 is 0 Å². The Kier molecular flexibility index (Phi) is 5.01. The number of carbonyl (C=O) groups is 2. The summed E-state index contributed by atoms with van der Waals surface area (Å²) in [5, 5.41) is 0. The summed E-state index contributed by atoms with van der Waals surface area (Å²) >= 11 is 0. The van der Waals surface area contributed by atoms with Crippen molar-refractivity contribution in [3.63, 3.8) is 0 Å². The molecule has 0 unspecified atom stereocenters. The van der Waals surface area contributed by atoms with Crippen molar-refractivity contribution in [2.75, 3.05) is 38.1 Å². The Bertz CT molecular complexity index is 1020. The molecule has 5 nitrogen and oxygen atoms in total. The summed E-state index contributed by atoms with van der Waals surface area (Å²) in [6, 6.07) is 13.6. The van der Waals surface area contributed by atoms with E-state index in [1.807, 2.05) is 57.2 Å². The van der Waals surface area contributed by atoms with Gasteiger partial charge in [0, 0.05) is 26.2 Å². The van der Waals surface area contributed by atoms with Crippen molar-refractivity contribution in [3.8, 4) is 0 Å². The van der Waals surface area contributed by atoms with Gasteiger partial charge in [-0.05, 0) is 50.6 Å². The molecule has 2 aromatic carbocycles. The second-order valence-corrected chi connectivity index (χ2v) is 8.06. The van der Waals surface area contributed by atoms with Gasteiger partial charge in [-0.3, -0.25) is 9.59 Å². The van der Waals surface area contributed by atoms with E-state index in [0.717, 1.165) is 48.4 Å². The summed E-state index contributed by atoms with van der Waals surface area (Å²) in [5.41, 5.74) is 5.64. The van der Waals surface area contributed by atoms with Crippen molar-refractivity contribution in [2.45, 2.75) is 20.8 Å². The predicted molar refractivity (Wildman–Crippen MR) is 116 cm³/mol. The number of piperazine rings is 1. The SMILES string of the molecule is Cc1ccc(C2=C(N3CCN(C)CC3)C(=O)N(c3ccccc3C)C2=O)c(C)c1. The Morgan fingerprint density at radius 3 is 2.14 bits per heavy atom. The Balaban J connectivity index is 1.86. The molecular weight excluding hydrogens is 362 g/mol. The highest BCUT2D eigenvalue weighted by atomic mass is 16.2. The monoisotopic (exact) mass is 389 g/mol. The summed E-state index contributed by atoms with van der Waals surface area (Å²) in [6.07, 6.45) is 0. The van der Waals surface area contributed by atoms with Crippen LogP contribution in [0.4, 0.5) is 5.69 Å². The fraction of sp³-hybridized carbons (Fsp3) is 0.333. The molecule has 1 saturated heterocycles. The zero-order valence-corrected chi connectivity index (χ0v) is 17.5. The lowest BCUT2D eigenvalue weighted by molar-refractivity contribution is -0.120. The van der Waals surface area contributed by atoms with Gasteiger partial charge >= 0.3 is 0 Å². The van der Waals surface area contributed by atoms with Crippen LogP contribution in [-0.4, -0.2) is 54.8 Å². The van der Waals surface area contributed by atoms with Gasteiger partial charge in [-0.1, -0.05) is 42.0 Å². The van der Waals surface area contributed by atoms with Gasteiger partial charge < -0.3 is 9.80 Å². The van der Waals surface area contributed by atoms with Crippen LogP contribution in [-0.2, 0) is 9.59 Å². The van der Waals surface area contributed by atoms with Crippen molar-refractivity contribution >= 4 is 23.1 Å². The number of benzene rings is 2. The van der Waals surface area contributed by atoms with E-state index in [4.69, 9.17) is 0 Å². The number of likely N-dealkylation sites (N-methyl/N-ethyl adjacent to an activating group) is 1. The van der Waals surface area contributed by atoms with Crippen LogP contribution in [0.1, 0.15) is 22.3 Å². The van der Waals surface area contributed by atoms with E-state index in [1.165, 1.54) is 4.90 Å². The fourth-order valence-electron chi connectivity index (χ4n) is 4.21. The molecule has 4 rings (SSSR count). The summed E-state index contributed by atoms with van der Waals surface area (Å²) < 4.78 is 0. The molecule has 150 valence electrons. The molecule has 0 bridgehead atoms. The van der Waals surface area contributed by atoms with Crippen LogP contribution in [0.2, 0.25) is 0 Å². The van der Waals surface area contributed by atoms with E-state index >= 15 is 0 Å². The molecule has 2 aromatic rings. The zero-order valence-electron chi connectivity index (χ0n) is 17.5. The highest BCUT2D eigenvalue weighted by Gasteiger charge is 2.43. The third-order valence-corrected chi connectivity index (χ3v) is 5.89. The number of nitrogens with zero attached hydrogens (tertiary/aromatic N) is 3. The molecule has 0 spiro atoms. The van der Waals surface area contributed by atoms with Gasteiger partial charge in [-0.15, -0.1) is 0 Å². The number of amides is 2. The minimum absolute atomic E-state index is 0.219. The van der Waals surface area contributed by atoms with E-state index < -0.39 is 0 Å². The highest BCUT2D eigenvalue weighted by Crippen LogP contribution is 2.37. The molecule has 2 aliphatic heterocycles. The van der Waals surface area contributed by atoms with Crippen LogP contribution in [0.5, 0.6) is 0 Å². The van der Waals surface area contributed by atoms with Gasteiger partial charge in [-0.25, -0.2) is 4.90 Å². The molecule has 2 heterocycles. The van der Waals surface area contributed by atoms with Gasteiger partial charge in [0.1, 0.15) is 5.70 Å². The standard InChI is InChI=1S/C24H27N3O2/c1-16-9-10-19(18(3)15-16)21-22(26-13-11-25(4)12-14-26)24(29)27(23(21)28)20-8-6-5-7-17(20)2/h5-10,15H,11-14H2,1-4H3. The minimum Gasteiger partial charge on any atom is -0.364 e. The maximum atomic E-state index is 13.6. The van der Waals surface area contributed by atoms with Gasteiger partial charge in [0.05, 0.1) is 11.3 Å². The number of hydrogen-bond donors (Lipinski definition) is 0. The highest BCUT2D eigenvalue weighted by molar-refractivity contribution is 6.45. The number of aryl methyl sites for hydroxylation is 3. The second kappa shape index (κ2) is 7.48. The van der Waals surface area contributed by atoms with Gasteiger partial charge in [0.25, 0.3) is 11.8 Å². The molecule has 0 saturated carbocycles. The van der Waals surface area contributed by atoms with Crippen LogP contribution in [0.15, 0.2) is 48.2 Å². The quantitative estimate of drug-likeness (QED) is 0.757. The topological polar surface area (TPSA) is 43.9 Å². The fourth-order valence-corrected chi connectivity index (χ4v) is 4.21. The zero-order chi connectivity index (χ0) is 20.7. The lowest BCUT2D eigenvalue weighted by Crippen LogP contribution is -2.46. The first-order valence-electron chi connectivity index (χ1n) is 10.1. The number of imide groups is 1. The van der Waals surface area contributed by atoms with Crippen molar-refractivity contribution in [1.29, 1.82) is 0 Å². The van der Waals surface area contributed by atoms with E-state index in [2.05, 4.69) is 22.9 Å². The van der Waals surface area contributed by atoms with Crippen LogP contribution in [0.25, 0.3) is 5.57 Å². The average molecular weight is 389 g/mol. The number of para-hydroxylation sites is 1. The molecule has 5 heteroatoms.